The van der Waals surface area contributed by atoms with Gasteiger partial charge in [0.15, 0.2) is 0 Å². The van der Waals surface area contributed by atoms with Gasteiger partial charge in [0, 0.05) is 10.7 Å². The van der Waals surface area contributed by atoms with Crippen molar-refractivity contribution >= 4 is 19.7 Å². The second-order valence-corrected chi connectivity index (χ2v) is 7.28. The maximum Gasteiger partial charge on any atom is 0.234 e. The van der Waals surface area contributed by atoms with Crippen LogP contribution in [0.15, 0.2) is 0 Å². The summed E-state index contributed by atoms with van der Waals surface area (Å²) < 4.78 is 31.9. The molecule has 110 valence electrons. The minimum atomic E-state index is -3.44. The predicted octanol–water partition coefficient (Wildman–Crippen LogP) is 2.95. The number of hydrogen-bond acceptors (Lipinski definition) is 4. The highest BCUT2D eigenvalue weighted by atomic mass is 35.7. The lowest BCUT2D eigenvalue weighted by Crippen LogP contribution is -2.15. The number of ether oxygens (including phenoxy) is 2. The zero-order chi connectivity index (χ0) is 13.9. The molecule has 0 aliphatic heterocycles. The molecule has 0 aliphatic carbocycles. The minimum absolute atomic E-state index is 0.125. The minimum Gasteiger partial charge on any atom is -0.378 e. The molecule has 0 aromatic carbocycles. The van der Waals surface area contributed by atoms with Gasteiger partial charge in [-0.3, -0.25) is 0 Å². The number of unbranched alkanes of at least 4 members (excludes halogenated alkanes) is 3. The molecule has 0 spiro atoms. The van der Waals surface area contributed by atoms with Crippen molar-refractivity contribution in [1.29, 1.82) is 0 Å². The van der Waals surface area contributed by atoms with Crippen molar-refractivity contribution in [3.05, 3.63) is 0 Å². The molecular formula is C12H25ClO4S. The topological polar surface area (TPSA) is 52.6 Å². The van der Waals surface area contributed by atoms with Crippen LogP contribution < -0.4 is 0 Å². The standard InChI is InChI=1S/C12H25ClO4S/c1-3-4-5-6-7-12(2)17-9-8-16-10-11-18(13,14)15/h12H,3-11H2,1-2H3. The first-order valence-electron chi connectivity index (χ1n) is 6.57. The summed E-state index contributed by atoms with van der Waals surface area (Å²) in [6, 6.07) is 0. The lowest BCUT2D eigenvalue weighted by atomic mass is 10.1. The predicted molar refractivity (Wildman–Crippen MR) is 74.6 cm³/mol. The van der Waals surface area contributed by atoms with Crippen molar-refractivity contribution in [3.8, 4) is 0 Å². The SMILES string of the molecule is CCCCCCC(C)OCCOCCS(=O)(=O)Cl. The fraction of sp³-hybridized carbons (Fsp3) is 1.00. The second-order valence-electron chi connectivity index (χ2n) is 4.39. The molecule has 0 aromatic rings. The summed E-state index contributed by atoms with van der Waals surface area (Å²) >= 11 is 0. The van der Waals surface area contributed by atoms with Gasteiger partial charge < -0.3 is 9.47 Å². The molecule has 1 unspecified atom stereocenters. The van der Waals surface area contributed by atoms with Crippen LogP contribution in [-0.2, 0) is 18.5 Å². The molecule has 6 heteroatoms. The van der Waals surface area contributed by atoms with Gasteiger partial charge in [-0.05, 0) is 13.3 Å². The van der Waals surface area contributed by atoms with Crippen molar-refractivity contribution < 1.29 is 17.9 Å². The van der Waals surface area contributed by atoms with E-state index < -0.39 is 9.05 Å². The smallest absolute Gasteiger partial charge is 0.234 e. The summed E-state index contributed by atoms with van der Waals surface area (Å²) in [7, 11) is 1.60. The molecule has 0 radical (unpaired) electrons. The summed E-state index contributed by atoms with van der Waals surface area (Å²) in [4.78, 5) is 0. The van der Waals surface area contributed by atoms with Gasteiger partial charge in [-0.1, -0.05) is 32.6 Å². The van der Waals surface area contributed by atoms with Crippen molar-refractivity contribution in [2.75, 3.05) is 25.6 Å². The van der Waals surface area contributed by atoms with E-state index in [0.29, 0.717) is 13.2 Å². The van der Waals surface area contributed by atoms with Gasteiger partial charge in [-0.15, -0.1) is 0 Å². The molecule has 0 aliphatic rings. The Morgan fingerprint density at radius 3 is 2.44 bits per heavy atom. The normalized spacial score (nSPS) is 13.7. The number of hydrogen-bond donors (Lipinski definition) is 0. The van der Waals surface area contributed by atoms with Crippen LogP contribution in [0.4, 0.5) is 0 Å². The summed E-state index contributed by atoms with van der Waals surface area (Å²) in [5.74, 6) is -0.152. The van der Waals surface area contributed by atoms with Crippen LogP contribution in [0.25, 0.3) is 0 Å². The largest absolute Gasteiger partial charge is 0.378 e. The molecule has 0 N–H and O–H groups in total. The summed E-state index contributed by atoms with van der Waals surface area (Å²) in [5, 5.41) is 0. The number of rotatable bonds is 12. The first-order valence-corrected chi connectivity index (χ1v) is 9.05. The van der Waals surface area contributed by atoms with E-state index in [-0.39, 0.29) is 18.5 Å². The Kier molecular flexibility index (Phi) is 11.1. The highest BCUT2D eigenvalue weighted by molar-refractivity contribution is 8.13. The van der Waals surface area contributed by atoms with E-state index in [1.54, 1.807) is 0 Å². The van der Waals surface area contributed by atoms with E-state index in [1.165, 1.54) is 25.7 Å². The monoisotopic (exact) mass is 300 g/mol. The maximum absolute atomic E-state index is 10.6. The fourth-order valence-electron chi connectivity index (χ4n) is 1.51. The Balaban J connectivity index is 3.27. The lowest BCUT2D eigenvalue weighted by Gasteiger charge is -2.12. The lowest BCUT2D eigenvalue weighted by molar-refractivity contribution is 0.0116. The quantitative estimate of drug-likeness (QED) is 0.411. The average molecular weight is 301 g/mol. The molecule has 1 atom stereocenters. The van der Waals surface area contributed by atoms with Gasteiger partial charge in [0.25, 0.3) is 0 Å². The molecule has 0 heterocycles. The molecule has 0 fully saturated rings. The van der Waals surface area contributed by atoms with Gasteiger partial charge >= 0.3 is 0 Å². The molecule has 0 bridgehead atoms. The van der Waals surface area contributed by atoms with Crippen LogP contribution in [0.1, 0.15) is 46.0 Å². The average Bonchev–Trinajstić information content (AvgIpc) is 2.28. The molecule has 0 amide bonds. The Bertz CT molecular complexity index is 280. The molecule has 0 aromatic heterocycles. The molecular weight excluding hydrogens is 276 g/mol. The molecule has 0 rings (SSSR count). The maximum atomic E-state index is 10.6. The summed E-state index contributed by atoms with van der Waals surface area (Å²) in [5.41, 5.74) is 0. The highest BCUT2D eigenvalue weighted by Gasteiger charge is 2.05. The van der Waals surface area contributed by atoms with E-state index in [1.807, 2.05) is 0 Å². The van der Waals surface area contributed by atoms with Gasteiger partial charge in [0.1, 0.15) is 0 Å². The van der Waals surface area contributed by atoms with Gasteiger partial charge in [0.2, 0.25) is 9.05 Å². The van der Waals surface area contributed by atoms with Crippen LogP contribution in [0, 0.1) is 0 Å². The Morgan fingerprint density at radius 1 is 1.11 bits per heavy atom. The van der Waals surface area contributed by atoms with Gasteiger partial charge in [-0.2, -0.15) is 0 Å². The van der Waals surface area contributed by atoms with Crippen LogP contribution >= 0.6 is 10.7 Å². The zero-order valence-corrected chi connectivity index (χ0v) is 12.9. The van der Waals surface area contributed by atoms with Crippen LogP contribution in [-0.4, -0.2) is 40.1 Å². The van der Waals surface area contributed by atoms with E-state index >= 15 is 0 Å². The van der Waals surface area contributed by atoms with Crippen LogP contribution in [0.5, 0.6) is 0 Å². The Hall–Kier alpha value is 0.160. The molecule has 0 saturated carbocycles. The fourth-order valence-corrected chi connectivity index (χ4v) is 2.02. The zero-order valence-electron chi connectivity index (χ0n) is 11.4. The van der Waals surface area contributed by atoms with Gasteiger partial charge in [-0.25, -0.2) is 8.42 Å². The Morgan fingerprint density at radius 2 is 1.83 bits per heavy atom. The van der Waals surface area contributed by atoms with Crippen molar-refractivity contribution in [1.82, 2.24) is 0 Å². The summed E-state index contributed by atoms with van der Waals surface area (Å²) in [6.45, 7) is 5.27. The van der Waals surface area contributed by atoms with Crippen molar-refractivity contribution in [3.63, 3.8) is 0 Å². The third-order valence-corrected chi connectivity index (χ3v) is 3.68. The van der Waals surface area contributed by atoms with Gasteiger partial charge in [0.05, 0.1) is 31.7 Å². The van der Waals surface area contributed by atoms with E-state index in [9.17, 15) is 8.42 Å². The molecule has 18 heavy (non-hydrogen) atoms. The number of halogens is 1. The third-order valence-electron chi connectivity index (χ3n) is 2.57. The third kappa shape index (κ3) is 14.2. The van der Waals surface area contributed by atoms with E-state index in [2.05, 4.69) is 13.8 Å². The highest BCUT2D eigenvalue weighted by Crippen LogP contribution is 2.07. The Labute approximate surface area is 115 Å². The van der Waals surface area contributed by atoms with Crippen LogP contribution in [0.2, 0.25) is 0 Å². The summed E-state index contributed by atoms with van der Waals surface area (Å²) in [6.07, 6.45) is 6.28. The molecule has 0 saturated heterocycles. The van der Waals surface area contributed by atoms with E-state index in [0.717, 1.165) is 6.42 Å². The van der Waals surface area contributed by atoms with E-state index in [4.69, 9.17) is 20.2 Å². The first-order chi connectivity index (χ1) is 8.45. The molecule has 4 nitrogen and oxygen atoms in total. The van der Waals surface area contributed by atoms with Crippen LogP contribution in [0.3, 0.4) is 0 Å². The second kappa shape index (κ2) is 11.0. The van der Waals surface area contributed by atoms with Crippen molar-refractivity contribution in [2.45, 2.75) is 52.1 Å². The van der Waals surface area contributed by atoms with Crippen molar-refractivity contribution in [2.24, 2.45) is 0 Å². The first kappa shape index (κ1) is 18.2.